The second kappa shape index (κ2) is 21.0. The summed E-state index contributed by atoms with van der Waals surface area (Å²) in [7, 11) is 0. The van der Waals surface area contributed by atoms with E-state index in [0.717, 1.165) is 78.0 Å². The molecule has 0 atom stereocenters. The van der Waals surface area contributed by atoms with Crippen LogP contribution in [-0.4, -0.2) is 29.9 Å². The first-order valence-electron chi connectivity index (χ1n) is 26.4. The predicted octanol–water partition coefficient (Wildman–Crippen LogP) is 18.0. The van der Waals surface area contributed by atoms with Crippen LogP contribution in [0.2, 0.25) is 0 Å². The summed E-state index contributed by atoms with van der Waals surface area (Å²) >= 11 is 0. The number of fused-ring (bicyclic) bond motifs is 1. The molecular weight excluding hydrogens is 953 g/mol. The SMILES string of the molecule is Cc1cc(C)c(N(c2ccc(N(c3nc(-c4ccccc4)nc(-c4cccc(-c5ccccc5)c4)n3)c3nc(-c4ccccc4)nc(-c4cc5ccccc5cc4-c4ccccc4)n3)cc2)c2c(C)cc(C)cc2C)c(C)c1. The molecule has 12 aromatic rings. The number of aryl methyl sites for hydroxylation is 6. The Morgan fingerprint density at radius 3 is 1.10 bits per heavy atom. The summed E-state index contributed by atoms with van der Waals surface area (Å²) in [4.78, 5) is 36.7. The lowest BCUT2D eigenvalue weighted by Crippen LogP contribution is -2.19. The maximum absolute atomic E-state index is 5.54. The molecule has 0 radical (unpaired) electrons. The zero-order valence-electron chi connectivity index (χ0n) is 44.5. The van der Waals surface area contributed by atoms with E-state index in [0.29, 0.717) is 35.2 Å². The monoisotopic (exact) mass is 1010 g/mol. The van der Waals surface area contributed by atoms with Crippen LogP contribution >= 0.6 is 0 Å². The first-order chi connectivity index (χ1) is 38.1. The van der Waals surface area contributed by atoms with E-state index in [1.165, 1.54) is 33.4 Å². The molecule has 0 aliphatic carbocycles. The Balaban J connectivity index is 1.13. The van der Waals surface area contributed by atoms with Crippen molar-refractivity contribution in [3.05, 3.63) is 264 Å². The van der Waals surface area contributed by atoms with E-state index in [9.17, 15) is 0 Å². The van der Waals surface area contributed by atoms with E-state index < -0.39 is 0 Å². The third kappa shape index (κ3) is 9.79. The topological polar surface area (TPSA) is 83.8 Å². The maximum atomic E-state index is 5.54. The minimum absolute atomic E-state index is 0.334. The molecule has 2 aromatic heterocycles. The van der Waals surface area contributed by atoms with E-state index in [2.05, 4.69) is 204 Å². The number of anilines is 6. The molecule has 12 rings (SSSR count). The summed E-state index contributed by atoms with van der Waals surface area (Å²) < 4.78 is 0. The standard InChI is InChI=1S/C70H56N8/c1-45-38-47(3)63(48(4)39-45)77(64-49(5)40-46(2)41-50(64)6)59-34-36-60(37-35-59)78(69-73-65(53-26-15-9-16-27-53)71-67(75-69)58-33-21-32-55(42-58)51-22-11-7-12-23-51)70-74-66(54-28-17-10-18-29-54)72-68(76-70)62-44-57-31-20-19-30-56(57)43-61(62)52-24-13-8-14-25-52/h7-44H,1-6H3. The Labute approximate surface area is 456 Å². The molecule has 0 unspecified atom stereocenters. The molecule has 376 valence electrons. The van der Waals surface area contributed by atoms with Gasteiger partial charge in [-0.2, -0.15) is 19.9 Å². The van der Waals surface area contributed by atoms with Crippen molar-refractivity contribution in [1.82, 2.24) is 29.9 Å². The van der Waals surface area contributed by atoms with Gasteiger partial charge in [-0.05, 0) is 139 Å². The first kappa shape index (κ1) is 49.0. The molecule has 8 heteroatoms. The fourth-order valence-corrected chi connectivity index (χ4v) is 10.9. The molecule has 0 aliphatic rings. The highest BCUT2D eigenvalue weighted by molar-refractivity contribution is 5.96. The largest absolute Gasteiger partial charge is 0.309 e. The molecule has 78 heavy (non-hydrogen) atoms. The molecule has 0 amide bonds. The Hall–Kier alpha value is -9.92. The van der Waals surface area contributed by atoms with Crippen molar-refractivity contribution in [3.8, 4) is 67.8 Å². The summed E-state index contributed by atoms with van der Waals surface area (Å²) in [6.45, 7) is 13.1. The highest BCUT2D eigenvalue weighted by Gasteiger charge is 2.27. The van der Waals surface area contributed by atoms with E-state index in [1.54, 1.807) is 0 Å². The Morgan fingerprint density at radius 1 is 0.256 bits per heavy atom. The van der Waals surface area contributed by atoms with E-state index >= 15 is 0 Å². The van der Waals surface area contributed by atoms with Gasteiger partial charge in [0.2, 0.25) is 11.9 Å². The summed E-state index contributed by atoms with van der Waals surface area (Å²) in [5.74, 6) is 2.67. The third-order valence-corrected chi connectivity index (χ3v) is 14.2. The normalized spacial score (nSPS) is 11.2. The molecule has 0 aliphatic heterocycles. The van der Waals surface area contributed by atoms with Gasteiger partial charge in [-0.3, -0.25) is 0 Å². The minimum Gasteiger partial charge on any atom is -0.309 e. The van der Waals surface area contributed by atoms with Crippen molar-refractivity contribution in [1.29, 1.82) is 0 Å². The highest BCUT2D eigenvalue weighted by atomic mass is 15.4. The highest BCUT2D eigenvalue weighted by Crippen LogP contribution is 2.45. The smallest absolute Gasteiger partial charge is 0.241 e. The lowest BCUT2D eigenvalue weighted by atomic mass is 9.95. The van der Waals surface area contributed by atoms with Crippen LogP contribution in [-0.2, 0) is 0 Å². The fraction of sp³-hybridized carbons (Fsp3) is 0.0857. The van der Waals surface area contributed by atoms with E-state index in [4.69, 9.17) is 29.9 Å². The van der Waals surface area contributed by atoms with Crippen molar-refractivity contribution in [2.24, 2.45) is 0 Å². The molecular formula is C70H56N8. The molecule has 0 fully saturated rings. The average molecular weight is 1010 g/mol. The van der Waals surface area contributed by atoms with Crippen LogP contribution in [0.25, 0.3) is 78.6 Å². The summed E-state index contributed by atoms with van der Waals surface area (Å²) in [5, 5.41) is 2.18. The average Bonchev–Trinajstić information content (AvgIpc) is 3.47. The Kier molecular flexibility index (Phi) is 13.2. The van der Waals surface area contributed by atoms with Crippen molar-refractivity contribution in [2.75, 3.05) is 9.80 Å². The third-order valence-electron chi connectivity index (χ3n) is 14.2. The molecule has 10 aromatic carbocycles. The van der Waals surface area contributed by atoms with Crippen LogP contribution in [0.5, 0.6) is 0 Å². The van der Waals surface area contributed by atoms with Gasteiger partial charge in [-0.25, -0.2) is 14.9 Å². The van der Waals surface area contributed by atoms with Crippen molar-refractivity contribution in [2.45, 2.75) is 41.5 Å². The Morgan fingerprint density at radius 2 is 0.615 bits per heavy atom. The van der Waals surface area contributed by atoms with Gasteiger partial charge in [0.05, 0.1) is 17.1 Å². The van der Waals surface area contributed by atoms with Gasteiger partial charge in [-0.15, -0.1) is 0 Å². The molecule has 2 heterocycles. The van der Waals surface area contributed by atoms with Crippen LogP contribution in [0, 0.1) is 41.5 Å². The lowest BCUT2D eigenvalue weighted by molar-refractivity contribution is 0.964. The fourth-order valence-electron chi connectivity index (χ4n) is 10.9. The van der Waals surface area contributed by atoms with Gasteiger partial charge in [0.25, 0.3) is 0 Å². The number of benzene rings is 10. The molecule has 0 saturated heterocycles. The number of nitrogens with zero attached hydrogens (tertiary/aromatic N) is 8. The van der Waals surface area contributed by atoms with Crippen LogP contribution < -0.4 is 9.80 Å². The predicted molar refractivity (Wildman–Crippen MR) is 321 cm³/mol. The minimum atomic E-state index is 0.334. The second-order valence-corrected chi connectivity index (χ2v) is 20.0. The lowest BCUT2D eigenvalue weighted by Gasteiger charge is -2.32. The molecule has 0 bridgehead atoms. The molecule has 0 N–H and O–H groups in total. The number of hydrogen-bond acceptors (Lipinski definition) is 8. The van der Waals surface area contributed by atoms with Crippen LogP contribution in [0.4, 0.5) is 34.6 Å². The number of hydrogen-bond donors (Lipinski definition) is 0. The Bertz CT molecular complexity index is 4040. The zero-order chi connectivity index (χ0) is 53.3. The first-order valence-corrected chi connectivity index (χ1v) is 26.4. The molecule has 0 saturated carbocycles. The zero-order valence-corrected chi connectivity index (χ0v) is 44.5. The second-order valence-electron chi connectivity index (χ2n) is 20.0. The van der Waals surface area contributed by atoms with Crippen molar-refractivity contribution >= 4 is 45.4 Å². The van der Waals surface area contributed by atoms with E-state index in [1.807, 2.05) is 77.7 Å². The van der Waals surface area contributed by atoms with Crippen molar-refractivity contribution in [3.63, 3.8) is 0 Å². The maximum Gasteiger partial charge on any atom is 0.241 e. The van der Waals surface area contributed by atoms with Gasteiger partial charge in [-0.1, -0.05) is 199 Å². The van der Waals surface area contributed by atoms with Gasteiger partial charge in [0.1, 0.15) is 0 Å². The summed E-state index contributed by atoms with van der Waals surface area (Å²) in [6, 6.07) is 79.9. The van der Waals surface area contributed by atoms with Crippen LogP contribution in [0.3, 0.4) is 0 Å². The summed E-state index contributed by atoms with van der Waals surface area (Å²) in [5.41, 5.74) is 18.8. The van der Waals surface area contributed by atoms with Gasteiger partial charge in [0, 0.05) is 27.9 Å². The van der Waals surface area contributed by atoms with Crippen LogP contribution in [0.1, 0.15) is 33.4 Å². The quantitative estimate of drug-likeness (QED) is 0.120. The van der Waals surface area contributed by atoms with Gasteiger partial charge in [0.15, 0.2) is 23.3 Å². The molecule has 0 spiro atoms. The van der Waals surface area contributed by atoms with E-state index in [-0.39, 0.29) is 0 Å². The van der Waals surface area contributed by atoms with Gasteiger partial charge < -0.3 is 4.90 Å². The number of aromatic nitrogens is 6. The molecule has 8 nitrogen and oxygen atoms in total. The van der Waals surface area contributed by atoms with Crippen molar-refractivity contribution < 1.29 is 0 Å². The van der Waals surface area contributed by atoms with Gasteiger partial charge >= 0.3 is 0 Å². The number of rotatable bonds is 12. The summed E-state index contributed by atoms with van der Waals surface area (Å²) in [6.07, 6.45) is 0. The van der Waals surface area contributed by atoms with Crippen LogP contribution in [0.15, 0.2) is 231 Å².